The molecule has 1 unspecified atom stereocenters. The number of hydrogen-bond donors (Lipinski definition) is 3. The van der Waals surface area contributed by atoms with E-state index in [1.165, 1.54) is 0 Å². The molecule has 0 aromatic carbocycles. The zero-order chi connectivity index (χ0) is 19.6. The number of nitrogens with two attached hydrogens (primary N) is 1. The lowest BCUT2D eigenvalue weighted by Gasteiger charge is -2.34. The van der Waals surface area contributed by atoms with Crippen molar-refractivity contribution in [3.63, 3.8) is 0 Å². The van der Waals surface area contributed by atoms with E-state index >= 15 is 0 Å². The van der Waals surface area contributed by atoms with E-state index in [4.69, 9.17) is 22.2 Å². The Labute approximate surface area is 164 Å². The number of rotatable bonds is 4. The molecule has 3 heterocycles. The van der Waals surface area contributed by atoms with E-state index in [2.05, 4.69) is 15.4 Å². The molecule has 2 aromatic heterocycles. The van der Waals surface area contributed by atoms with Crippen molar-refractivity contribution in [1.82, 2.24) is 20.3 Å². The van der Waals surface area contributed by atoms with Gasteiger partial charge in [0.15, 0.2) is 0 Å². The van der Waals surface area contributed by atoms with Crippen molar-refractivity contribution in [2.24, 2.45) is 11.8 Å². The monoisotopic (exact) mass is 393 g/mol. The van der Waals surface area contributed by atoms with Crippen LogP contribution in [0.25, 0.3) is 11.0 Å². The first-order valence-electron chi connectivity index (χ1n) is 9.34. The molecule has 148 valence electrons. The number of aromatic nitrogens is 2. The van der Waals surface area contributed by atoms with Crippen molar-refractivity contribution in [2.75, 3.05) is 13.1 Å². The number of piperidine rings is 1. The van der Waals surface area contributed by atoms with Crippen LogP contribution in [0.2, 0.25) is 5.02 Å². The maximum Gasteiger partial charge on any atom is 0.410 e. The zero-order valence-corrected chi connectivity index (χ0v) is 16.8. The zero-order valence-electron chi connectivity index (χ0n) is 16.1. The molecule has 4 N–H and O–H groups in total. The topological polar surface area (TPSA) is 96.3 Å². The van der Waals surface area contributed by atoms with E-state index in [0.29, 0.717) is 24.0 Å². The van der Waals surface area contributed by atoms with Gasteiger partial charge in [-0.1, -0.05) is 11.6 Å². The number of pyridine rings is 1. The second-order valence-electron chi connectivity index (χ2n) is 8.13. The standard InChI is InChI=1S/C19H28ClN5O2/c1-19(2,3)27-18(26)25-8-5-12(6-9-25)10-15(24-21)16-13-4-7-22-17(13)23-11-14(16)20/h4,7,11-12,15,24H,5-6,8-10,21H2,1-3H3,(H,22,23). The van der Waals surface area contributed by atoms with Crippen molar-refractivity contribution in [1.29, 1.82) is 0 Å². The number of fused-ring (bicyclic) bond motifs is 1. The van der Waals surface area contributed by atoms with Gasteiger partial charge in [-0.2, -0.15) is 0 Å². The van der Waals surface area contributed by atoms with Gasteiger partial charge in [0.05, 0.1) is 5.02 Å². The van der Waals surface area contributed by atoms with Crippen LogP contribution in [-0.2, 0) is 4.74 Å². The molecule has 2 aromatic rings. The van der Waals surface area contributed by atoms with E-state index in [1.54, 1.807) is 11.1 Å². The van der Waals surface area contributed by atoms with Gasteiger partial charge in [-0.25, -0.2) is 9.78 Å². The average Bonchev–Trinajstić information content (AvgIpc) is 3.08. The number of carbonyl (C=O) groups is 1. The number of H-pyrrole nitrogens is 1. The van der Waals surface area contributed by atoms with Crippen molar-refractivity contribution < 1.29 is 9.53 Å². The van der Waals surface area contributed by atoms with Crippen molar-refractivity contribution in [3.05, 3.63) is 29.0 Å². The molecule has 0 aliphatic carbocycles. The van der Waals surface area contributed by atoms with Crippen LogP contribution in [0.15, 0.2) is 18.5 Å². The summed E-state index contributed by atoms with van der Waals surface area (Å²) in [6, 6.07) is 1.90. The highest BCUT2D eigenvalue weighted by molar-refractivity contribution is 6.32. The van der Waals surface area contributed by atoms with Crippen LogP contribution in [-0.4, -0.2) is 39.7 Å². The lowest BCUT2D eigenvalue weighted by atomic mass is 9.87. The number of amides is 1. The number of hydrogen-bond acceptors (Lipinski definition) is 5. The summed E-state index contributed by atoms with van der Waals surface area (Å²) in [4.78, 5) is 21.4. The number of ether oxygens (including phenoxy) is 1. The van der Waals surface area contributed by atoms with Gasteiger partial charge < -0.3 is 14.6 Å². The average molecular weight is 394 g/mol. The fraction of sp³-hybridized carbons (Fsp3) is 0.579. The summed E-state index contributed by atoms with van der Waals surface area (Å²) in [7, 11) is 0. The highest BCUT2D eigenvalue weighted by atomic mass is 35.5. The molecule has 0 bridgehead atoms. The second-order valence-corrected chi connectivity index (χ2v) is 8.53. The van der Waals surface area contributed by atoms with Crippen LogP contribution in [0.5, 0.6) is 0 Å². The summed E-state index contributed by atoms with van der Waals surface area (Å²) >= 11 is 6.44. The summed E-state index contributed by atoms with van der Waals surface area (Å²) < 4.78 is 5.47. The molecule has 1 aliphatic rings. The van der Waals surface area contributed by atoms with Crippen LogP contribution < -0.4 is 11.3 Å². The van der Waals surface area contributed by atoms with Gasteiger partial charge in [0.2, 0.25) is 0 Å². The van der Waals surface area contributed by atoms with E-state index in [1.807, 2.05) is 33.0 Å². The third-order valence-corrected chi connectivity index (χ3v) is 5.27. The molecule has 1 fully saturated rings. The van der Waals surface area contributed by atoms with Gasteiger partial charge in [-0.3, -0.25) is 11.3 Å². The summed E-state index contributed by atoms with van der Waals surface area (Å²) in [6.45, 7) is 7.04. The normalized spacial score (nSPS) is 17.3. The van der Waals surface area contributed by atoms with Gasteiger partial charge in [0, 0.05) is 42.5 Å². The molecule has 1 aliphatic heterocycles. The molecule has 0 saturated carbocycles. The molecule has 3 rings (SSSR count). The van der Waals surface area contributed by atoms with Gasteiger partial charge >= 0.3 is 6.09 Å². The predicted octanol–water partition coefficient (Wildman–Crippen LogP) is 3.76. The second kappa shape index (κ2) is 8.04. The molecular weight excluding hydrogens is 366 g/mol. The quantitative estimate of drug-likeness (QED) is 0.543. The Balaban J connectivity index is 1.64. The highest BCUT2D eigenvalue weighted by Gasteiger charge is 2.29. The van der Waals surface area contributed by atoms with Gasteiger partial charge in [0.25, 0.3) is 0 Å². The summed E-state index contributed by atoms with van der Waals surface area (Å²) in [6.07, 6.45) is 5.95. The van der Waals surface area contributed by atoms with Crippen LogP contribution >= 0.6 is 11.6 Å². The Bertz CT molecular complexity index is 793. The van der Waals surface area contributed by atoms with Crippen molar-refractivity contribution in [3.8, 4) is 0 Å². The summed E-state index contributed by atoms with van der Waals surface area (Å²) in [5.74, 6) is 6.32. The molecule has 27 heavy (non-hydrogen) atoms. The number of nitrogens with zero attached hydrogens (tertiary/aromatic N) is 2. The number of likely N-dealkylation sites (tertiary alicyclic amines) is 1. The van der Waals surface area contributed by atoms with Crippen LogP contribution in [0.3, 0.4) is 0 Å². The molecule has 1 saturated heterocycles. The lowest BCUT2D eigenvalue weighted by Crippen LogP contribution is -2.42. The number of hydrazine groups is 1. The molecule has 8 heteroatoms. The third kappa shape index (κ3) is 4.72. The molecular formula is C19H28ClN5O2. The molecule has 1 atom stereocenters. The number of carbonyl (C=O) groups excluding carboxylic acids is 1. The first-order valence-corrected chi connectivity index (χ1v) is 9.72. The minimum Gasteiger partial charge on any atom is -0.444 e. The van der Waals surface area contributed by atoms with E-state index in [0.717, 1.165) is 35.9 Å². The Hall–Kier alpha value is -1.83. The van der Waals surface area contributed by atoms with Crippen molar-refractivity contribution in [2.45, 2.75) is 51.7 Å². The molecule has 7 nitrogen and oxygen atoms in total. The maximum atomic E-state index is 12.2. The van der Waals surface area contributed by atoms with Crippen LogP contribution in [0.4, 0.5) is 4.79 Å². The van der Waals surface area contributed by atoms with Crippen molar-refractivity contribution >= 4 is 28.7 Å². The molecule has 0 radical (unpaired) electrons. The Kier molecular flexibility index (Phi) is 5.93. The van der Waals surface area contributed by atoms with Gasteiger partial charge in [-0.15, -0.1) is 0 Å². The largest absolute Gasteiger partial charge is 0.444 e. The maximum absolute atomic E-state index is 12.2. The van der Waals surface area contributed by atoms with Crippen LogP contribution in [0.1, 0.15) is 51.6 Å². The van der Waals surface area contributed by atoms with E-state index < -0.39 is 5.60 Å². The lowest BCUT2D eigenvalue weighted by molar-refractivity contribution is 0.0177. The SMILES string of the molecule is CC(C)(C)OC(=O)N1CCC(CC(NN)c2c(Cl)cnc3[nH]ccc23)CC1. The van der Waals surface area contributed by atoms with E-state index in [-0.39, 0.29) is 12.1 Å². The number of halogens is 1. The molecule has 0 spiro atoms. The predicted molar refractivity (Wildman–Crippen MR) is 106 cm³/mol. The Morgan fingerprint density at radius 2 is 2.19 bits per heavy atom. The Morgan fingerprint density at radius 3 is 2.81 bits per heavy atom. The number of aromatic amines is 1. The fourth-order valence-corrected chi connectivity index (χ4v) is 3.92. The van der Waals surface area contributed by atoms with Gasteiger partial charge in [0.1, 0.15) is 11.2 Å². The number of nitrogens with one attached hydrogen (secondary N) is 2. The Morgan fingerprint density at radius 1 is 1.48 bits per heavy atom. The molecule has 1 amide bonds. The summed E-state index contributed by atoms with van der Waals surface area (Å²) in [5, 5.41) is 1.59. The summed E-state index contributed by atoms with van der Waals surface area (Å²) in [5.41, 5.74) is 4.22. The smallest absolute Gasteiger partial charge is 0.410 e. The minimum absolute atomic E-state index is 0.0723. The minimum atomic E-state index is -0.470. The highest BCUT2D eigenvalue weighted by Crippen LogP contribution is 2.35. The first kappa shape index (κ1) is 19.9. The fourth-order valence-electron chi connectivity index (χ4n) is 3.64. The third-order valence-electron chi connectivity index (χ3n) is 4.96. The van der Waals surface area contributed by atoms with Gasteiger partial charge in [-0.05, 0) is 52.0 Å². The van der Waals surface area contributed by atoms with E-state index in [9.17, 15) is 4.79 Å². The first-order chi connectivity index (χ1) is 12.8. The van der Waals surface area contributed by atoms with Crippen LogP contribution in [0, 0.1) is 5.92 Å².